The van der Waals surface area contributed by atoms with Gasteiger partial charge in [0.15, 0.2) is 0 Å². The molecule has 2 aliphatic heterocycles. The van der Waals surface area contributed by atoms with Crippen molar-refractivity contribution in [3.8, 4) is 11.3 Å². The topological polar surface area (TPSA) is 114 Å². The Labute approximate surface area is 186 Å². The van der Waals surface area contributed by atoms with Crippen molar-refractivity contribution in [2.75, 3.05) is 36.9 Å². The lowest BCUT2D eigenvalue weighted by atomic mass is 10.00. The van der Waals surface area contributed by atoms with Gasteiger partial charge in [0.05, 0.1) is 23.6 Å². The van der Waals surface area contributed by atoms with Crippen molar-refractivity contribution in [1.82, 2.24) is 25.3 Å². The number of anilines is 2. The van der Waals surface area contributed by atoms with Crippen LogP contribution < -0.4 is 16.0 Å². The molecule has 0 unspecified atom stereocenters. The van der Waals surface area contributed by atoms with Crippen LogP contribution in [-0.2, 0) is 9.53 Å². The first kappa shape index (κ1) is 20.7. The van der Waals surface area contributed by atoms with Gasteiger partial charge in [-0.3, -0.25) is 15.1 Å². The van der Waals surface area contributed by atoms with Crippen LogP contribution in [0.4, 0.5) is 11.8 Å². The molecule has 166 valence electrons. The third-order valence-corrected chi connectivity index (χ3v) is 6.03. The van der Waals surface area contributed by atoms with Crippen molar-refractivity contribution in [3.63, 3.8) is 0 Å². The lowest BCUT2D eigenvalue weighted by molar-refractivity contribution is -0.122. The molecule has 0 bridgehead atoms. The molecule has 32 heavy (non-hydrogen) atoms. The lowest BCUT2D eigenvalue weighted by Crippen LogP contribution is -2.35. The van der Waals surface area contributed by atoms with Crippen LogP contribution in [0.5, 0.6) is 0 Å². The fourth-order valence-electron chi connectivity index (χ4n) is 4.16. The van der Waals surface area contributed by atoms with E-state index in [1.807, 2.05) is 18.2 Å². The van der Waals surface area contributed by atoms with Crippen LogP contribution in [0.1, 0.15) is 25.7 Å². The molecule has 9 nitrogen and oxygen atoms in total. The van der Waals surface area contributed by atoms with Gasteiger partial charge in [-0.1, -0.05) is 12.1 Å². The van der Waals surface area contributed by atoms with Crippen molar-refractivity contribution in [2.24, 2.45) is 5.92 Å². The van der Waals surface area contributed by atoms with Crippen LogP contribution in [0.15, 0.2) is 36.8 Å². The quantitative estimate of drug-likeness (QED) is 0.563. The van der Waals surface area contributed by atoms with E-state index in [9.17, 15) is 4.79 Å². The van der Waals surface area contributed by atoms with Crippen LogP contribution in [0.25, 0.3) is 22.2 Å². The Hall–Kier alpha value is -3.17. The molecule has 4 heterocycles. The molecule has 1 aromatic carbocycles. The van der Waals surface area contributed by atoms with Gasteiger partial charge in [0.1, 0.15) is 5.82 Å². The molecule has 0 atom stereocenters. The number of nitrogens with one attached hydrogen (secondary N) is 3. The molecular weight excluding hydrogens is 406 g/mol. The van der Waals surface area contributed by atoms with E-state index in [0.29, 0.717) is 25.2 Å². The second-order valence-electron chi connectivity index (χ2n) is 8.30. The second-order valence-corrected chi connectivity index (χ2v) is 8.30. The number of ether oxygens (including phenoxy) is 1. The summed E-state index contributed by atoms with van der Waals surface area (Å²) < 4.78 is 5.33. The van der Waals surface area contributed by atoms with E-state index < -0.39 is 0 Å². The van der Waals surface area contributed by atoms with E-state index in [-0.39, 0.29) is 11.8 Å². The van der Waals surface area contributed by atoms with Gasteiger partial charge in [-0.25, -0.2) is 15.0 Å². The highest BCUT2D eigenvalue weighted by molar-refractivity contribution is 5.92. The van der Waals surface area contributed by atoms with Crippen LogP contribution in [0.2, 0.25) is 0 Å². The van der Waals surface area contributed by atoms with Gasteiger partial charge in [0.25, 0.3) is 0 Å². The van der Waals surface area contributed by atoms with Crippen molar-refractivity contribution >= 4 is 28.6 Å². The van der Waals surface area contributed by atoms with Gasteiger partial charge >= 0.3 is 0 Å². The number of hydrogen-bond acceptors (Lipinski definition) is 8. The molecule has 1 amide bonds. The highest BCUT2D eigenvalue weighted by atomic mass is 16.5. The van der Waals surface area contributed by atoms with E-state index in [1.165, 1.54) is 0 Å². The minimum atomic E-state index is -0.0557. The average Bonchev–Trinajstić information content (AvgIpc) is 2.85. The number of hydrogen-bond donors (Lipinski definition) is 3. The van der Waals surface area contributed by atoms with Crippen LogP contribution >= 0.6 is 0 Å². The maximum Gasteiger partial charge on any atom is 0.230 e. The smallest absolute Gasteiger partial charge is 0.230 e. The number of piperidine rings is 1. The second kappa shape index (κ2) is 9.54. The maximum atomic E-state index is 12.5. The number of nitrogens with zero attached hydrogens (tertiary/aromatic N) is 4. The third kappa shape index (κ3) is 4.84. The number of amides is 1. The van der Waals surface area contributed by atoms with E-state index in [1.54, 1.807) is 18.6 Å². The van der Waals surface area contributed by atoms with Gasteiger partial charge in [0, 0.05) is 42.3 Å². The predicted octanol–water partition coefficient (Wildman–Crippen LogP) is 2.62. The number of rotatable bonds is 5. The minimum Gasteiger partial charge on any atom is -0.381 e. The van der Waals surface area contributed by atoms with Crippen LogP contribution in [-0.4, -0.2) is 58.2 Å². The van der Waals surface area contributed by atoms with E-state index in [2.05, 4.69) is 30.9 Å². The third-order valence-electron chi connectivity index (χ3n) is 6.03. The maximum absolute atomic E-state index is 12.5. The Morgan fingerprint density at radius 3 is 2.72 bits per heavy atom. The highest BCUT2D eigenvalue weighted by Gasteiger charge is 2.22. The molecule has 2 aliphatic rings. The normalized spacial score (nSPS) is 17.9. The number of carbonyl (C=O) groups excluding carboxylic acids is 1. The predicted molar refractivity (Wildman–Crippen MR) is 122 cm³/mol. The van der Waals surface area contributed by atoms with Gasteiger partial charge in [0.2, 0.25) is 11.9 Å². The summed E-state index contributed by atoms with van der Waals surface area (Å²) in [7, 11) is 0. The fraction of sp³-hybridized carbons (Fsp3) is 0.435. The van der Waals surface area contributed by atoms with Gasteiger partial charge in [-0.05, 0) is 44.8 Å². The molecule has 2 saturated heterocycles. The Bertz CT molecular complexity index is 1090. The summed E-state index contributed by atoms with van der Waals surface area (Å²) in [6, 6.07) is 6.32. The Kier molecular flexibility index (Phi) is 6.17. The molecule has 0 spiro atoms. The number of fused-ring (bicyclic) bond motifs is 1. The monoisotopic (exact) mass is 433 g/mol. The molecule has 0 saturated carbocycles. The molecule has 2 aromatic heterocycles. The number of carbonyl (C=O) groups is 1. The first-order chi connectivity index (χ1) is 15.7. The van der Waals surface area contributed by atoms with Crippen molar-refractivity contribution in [1.29, 1.82) is 0 Å². The minimum absolute atomic E-state index is 0.0497. The summed E-state index contributed by atoms with van der Waals surface area (Å²) in [5, 5.41) is 10.6. The summed E-state index contributed by atoms with van der Waals surface area (Å²) in [4.78, 5) is 30.5. The molecule has 5 rings (SSSR count). The Morgan fingerprint density at radius 2 is 1.88 bits per heavy atom. The lowest BCUT2D eigenvalue weighted by Gasteiger charge is -2.24. The first-order valence-electron chi connectivity index (χ1n) is 11.2. The van der Waals surface area contributed by atoms with Crippen molar-refractivity contribution in [2.45, 2.75) is 31.7 Å². The molecule has 9 heteroatoms. The highest BCUT2D eigenvalue weighted by Crippen LogP contribution is 2.24. The zero-order chi connectivity index (χ0) is 21.8. The number of aromatic nitrogens is 4. The molecule has 2 fully saturated rings. The van der Waals surface area contributed by atoms with Crippen molar-refractivity contribution in [3.05, 3.63) is 36.8 Å². The molecule has 0 radical (unpaired) electrons. The number of benzene rings is 1. The molecule has 3 aromatic rings. The fourth-order valence-corrected chi connectivity index (χ4v) is 4.16. The zero-order valence-corrected chi connectivity index (χ0v) is 17.9. The summed E-state index contributed by atoms with van der Waals surface area (Å²) in [5.74, 6) is 0.992. The zero-order valence-electron chi connectivity index (χ0n) is 17.9. The largest absolute Gasteiger partial charge is 0.381 e. The summed E-state index contributed by atoms with van der Waals surface area (Å²) in [5.41, 5.74) is 2.44. The van der Waals surface area contributed by atoms with Gasteiger partial charge in [-0.2, -0.15) is 0 Å². The summed E-state index contributed by atoms with van der Waals surface area (Å²) in [6.45, 7) is 3.27. The molecular formula is C23H27N7O2. The first-order valence-corrected chi connectivity index (χ1v) is 11.2. The van der Waals surface area contributed by atoms with Crippen molar-refractivity contribution < 1.29 is 9.53 Å². The van der Waals surface area contributed by atoms with Crippen LogP contribution in [0, 0.1) is 5.92 Å². The van der Waals surface area contributed by atoms with Gasteiger partial charge in [-0.15, -0.1) is 0 Å². The average molecular weight is 434 g/mol. The summed E-state index contributed by atoms with van der Waals surface area (Å²) in [6.07, 6.45) is 8.84. The molecule has 0 aliphatic carbocycles. The Morgan fingerprint density at radius 1 is 1.03 bits per heavy atom. The van der Waals surface area contributed by atoms with Gasteiger partial charge < -0.3 is 15.4 Å². The Balaban J connectivity index is 1.34. The van der Waals surface area contributed by atoms with E-state index in [4.69, 9.17) is 9.72 Å². The molecule has 3 N–H and O–H groups in total. The van der Waals surface area contributed by atoms with E-state index in [0.717, 1.165) is 66.8 Å². The van der Waals surface area contributed by atoms with E-state index >= 15 is 0 Å². The van der Waals surface area contributed by atoms with Crippen LogP contribution in [0.3, 0.4) is 0 Å². The standard InChI is InChI=1S/C23H27N7O2/c31-22(15-5-9-32-10-6-15)30-23-26-12-17-2-1-16(11-19(17)29-23)20-13-25-14-21(28-20)27-18-3-7-24-8-4-18/h1-2,11-15,18,24H,3-10H2,(H,27,28)(H,26,29,30,31). The SMILES string of the molecule is O=C(Nc1ncc2ccc(-c3cncc(NC4CCNCC4)n3)cc2n1)C1CCOCC1. The summed E-state index contributed by atoms with van der Waals surface area (Å²) >= 11 is 0.